The fourth-order valence-corrected chi connectivity index (χ4v) is 3.15. The molecule has 1 heterocycles. The van der Waals surface area contributed by atoms with Gasteiger partial charge in [-0.1, -0.05) is 35.5 Å². The van der Waals surface area contributed by atoms with Crippen LogP contribution in [-0.2, 0) is 11.3 Å². The van der Waals surface area contributed by atoms with E-state index in [9.17, 15) is 4.79 Å². The minimum absolute atomic E-state index is 0.0823. The molecular formula is C18H17ClN2O3S. The zero-order chi connectivity index (χ0) is 17.8. The molecule has 0 spiro atoms. The summed E-state index contributed by atoms with van der Waals surface area (Å²) >= 11 is 7.21. The van der Waals surface area contributed by atoms with Crippen molar-refractivity contribution in [3.05, 3.63) is 53.1 Å². The number of fused-ring (bicyclic) bond motifs is 1. The highest BCUT2D eigenvalue weighted by Gasteiger charge is 2.18. The fraction of sp³-hybridized carbons (Fsp3) is 0.222. The van der Waals surface area contributed by atoms with Crippen molar-refractivity contribution in [2.45, 2.75) is 23.9 Å². The number of nitrogens with one attached hydrogen (secondary N) is 1. The predicted octanol–water partition coefficient (Wildman–Crippen LogP) is 4.29. The Hall–Kier alpha value is -2.18. The largest absolute Gasteiger partial charge is 0.497 e. The molecule has 1 amide bonds. The molecule has 130 valence electrons. The van der Waals surface area contributed by atoms with Crippen molar-refractivity contribution in [1.29, 1.82) is 0 Å². The van der Waals surface area contributed by atoms with Crippen LogP contribution in [0.2, 0.25) is 5.02 Å². The van der Waals surface area contributed by atoms with E-state index in [4.69, 9.17) is 20.8 Å². The molecule has 0 radical (unpaired) electrons. The van der Waals surface area contributed by atoms with E-state index in [2.05, 4.69) is 10.3 Å². The van der Waals surface area contributed by atoms with Crippen LogP contribution >= 0.6 is 23.4 Å². The second kappa shape index (κ2) is 7.80. The highest BCUT2D eigenvalue weighted by atomic mass is 35.5. The summed E-state index contributed by atoms with van der Waals surface area (Å²) in [4.78, 5) is 16.6. The molecule has 3 rings (SSSR count). The van der Waals surface area contributed by atoms with Crippen LogP contribution in [0.25, 0.3) is 11.1 Å². The zero-order valence-corrected chi connectivity index (χ0v) is 15.4. The number of oxazole rings is 1. The summed E-state index contributed by atoms with van der Waals surface area (Å²) in [6.45, 7) is 2.27. The number of rotatable bonds is 6. The molecule has 0 saturated carbocycles. The SMILES string of the molecule is COc1ccc(CNC(=O)[C@@H](C)Sc2nc3ccc(Cl)cc3o2)cc1. The molecule has 0 aliphatic heterocycles. The van der Waals surface area contributed by atoms with Crippen LogP contribution in [0.5, 0.6) is 5.75 Å². The Balaban J connectivity index is 1.57. The average Bonchev–Trinajstić information content (AvgIpc) is 3.01. The Kier molecular flexibility index (Phi) is 5.50. The van der Waals surface area contributed by atoms with Gasteiger partial charge in [0.05, 0.1) is 12.4 Å². The van der Waals surface area contributed by atoms with Gasteiger partial charge in [0, 0.05) is 17.6 Å². The molecule has 5 nitrogen and oxygen atoms in total. The van der Waals surface area contributed by atoms with Crippen molar-refractivity contribution >= 4 is 40.4 Å². The van der Waals surface area contributed by atoms with E-state index in [0.717, 1.165) is 16.8 Å². The first-order valence-corrected chi connectivity index (χ1v) is 8.94. The van der Waals surface area contributed by atoms with Gasteiger partial charge >= 0.3 is 0 Å². The molecule has 2 aromatic carbocycles. The molecule has 1 atom stereocenters. The number of carbonyl (C=O) groups is 1. The quantitative estimate of drug-likeness (QED) is 0.650. The molecule has 0 aliphatic carbocycles. The van der Waals surface area contributed by atoms with E-state index in [-0.39, 0.29) is 11.2 Å². The summed E-state index contributed by atoms with van der Waals surface area (Å²) in [5, 5.41) is 3.61. The number of hydrogen-bond acceptors (Lipinski definition) is 5. The minimum atomic E-state index is -0.332. The van der Waals surface area contributed by atoms with Gasteiger partial charge in [0.2, 0.25) is 5.91 Å². The van der Waals surface area contributed by atoms with Crippen LogP contribution in [0.4, 0.5) is 0 Å². The number of amides is 1. The third kappa shape index (κ3) is 4.46. The predicted molar refractivity (Wildman–Crippen MR) is 99.2 cm³/mol. The van der Waals surface area contributed by atoms with Gasteiger partial charge in [0.25, 0.3) is 5.22 Å². The highest BCUT2D eigenvalue weighted by Crippen LogP contribution is 2.28. The third-order valence-corrected chi connectivity index (χ3v) is 4.78. The maximum Gasteiger partial charge on any atom is 0.257 e. The summed E-state index contributed by atoms with van der Waals surface area (Å²) in [7, 11) is 1.62. The van der Waals surface area contributed by atoms with Gasteiger partial charge in [-0.05, 0) is 36.8 Å². The van der Waals surface area contributed by atoms with Gasteiger partial charge in [0.15, 0.2) is 5.58 Å². The Bertz CT molecular complexity index is 880. The number of hydrogen-bond donors (Lipinski definition) is 1. The van der Waals surface area contributed by atoms with Crippen LogP contribution in [0.15, 0.2) is 52.1 Å². The first-order chi connectivity index (χ1) is 12.0. The first kappa shape index (κ1) is 17.6. The van der Waals surface area contributed by atoms with E-state index in [1.165, 1.54) is 11.8 Å². The number of methoxy groups -OCH3 is 1. The zero-order valence-electron chi connectivity index (χ0n) is 13.8. The minimum Gasteiger partial charge on any atom is -0.497 e. The number of ether oxygens (including phenoxy) is 1. The van der Waals surface area contributed by atoms with E-state index < -0.39 is 0 Å². The Labute approximate surface area is 154 Å². The molecule has 7 heteroatoms. The van der Waals surface area contributed by atoms with Crippen molar-refractivity contribution in [3.8, 4) is 5.75 Å². The normalized spacial score (nSPS) is 12.1. The number of halogens is 1. The van der Waals surface area contributed by atoms with Gasteiger partial charge in [-0.2, -0.15) is 0 Å². The van der Waals surface area contributed by atoms with Crippen molar-refractivity contribution in [1.82, 2.24) is 10.3 Å². The Morgan fingerprint density at radius 3 is 2.80 bits per heavy atom. The lowest BCUT2D eigenvalue weighted by Crippen LogP contribution is -2.30. The Morgan fingerprint density at radius 1 is 1.32 bits per heavy atom. The monoisotopic (exact) mass is 376 g/mol. The van der Waals surface area contributed by atoms with Gasteiger partial charge in [-0.3, -0.25) is 4.79 Å². The molecule has 0 bridgehead atoms. The van der Waals surface area contributed by atoms with E-state index in [0.29, 0.717) is 22.4 Å². The molecule has 1 aromatic heterocycles. The van der Waals surface area contributed by atoms with Gasteiger partial charge in [-0.25, -0.2) is 4.98 Å². The topological polar surface area (TPSA) is 64.4 Å². The molecule has 25 heavy (non-hydrogen) atoms. The molecule has 0 aliphatic rings. The fourth-order valence-electron chi connectivity index (χ4n) is 2.21. The summed E-state index contributed by atoms with van der Waals surface area (Å²) in [6.07, 6.45) is 0. The summed E-state index contributed by atoms with van der Waals surface area (Å²) in [6, 6.07) is 12.8. The lowest BCUT2D eigenvalue weighted by Gasteiger charge is -2.10. The lowest BCUT2D eigenvalue weighted by atomic mass is 10.2. The first-order valence-electron chi connectivity index (χ1n) is 7.68. The van der Waals surface area contributed by atoms with Crippen LogP contribution < -0.4 is 10.1 Å². The molecule has 1 N–H and O–H groups in total. The average molecular weight is 377 g/mol. The van der Waals surface area contributed by atoms with Crippen molar-refractivity contribution in [2.24, 2.45) is 0 Å². The summed E-state index contributed by atoms with van der Waals surface area (Å²) in [5.41, 5.74) is 2.33. The van der Waals surface area contributed by atoms with E-state index in [1.807, 2.05) is 31.2 Å². The molecule has 0 fully saturated rings. The molecule has 3 aromatic rings. The van der Waals surface area contributed by atoms with Crippen LogP contribution in [0.3, 0.4) is 0 Å². The van der Waals surface area contributed by atoms with Gasteiger partial charge in [0.1, 0.15) is 11.3 Å². The number of benzene rings is 2. The van der Waals surface area contributed by atoms with Gasteiger partial charge < -0.3 is 14.5 Å². The van der Waals surface area contributed by atoms with Crippen LogP contribution in [0.1, 0.15) is 12.5 Å². The van der Waals surface area contributed by atoms with Crippen molar-refractivity contribution in [3.63, 3.8) is 0 Å². The second-order valence-electron chi connectivity index (χ2n) is 5.42. The number of carbonyl (C=O) groups excluding carboxylic acids is 1. The maximum absolute atomic E-state index is 12.3. The third-order valence-electron chi connectivity index (χ3n) is 3.60. The number of thioether (sulfide) groups is 1. The van der Waals surface area contributed by atoms with Gasteiger partial charge in [-0.15, -0.1) is 0 Å². The molecule has 0 unspecified atom stereocenters. The smallest absolute Gasteiger partial charge is 0.257 e. The van der Waals surface area contributed by atoms with Crippen LogP contribution in [0, 0.1) is 0 Å². The standard InChI is InChI=1S/C18H17ClN2O3S/c1-11(17(22)20-10-12-3-6-14(23-2)7-4-12)25-18-21-15-8-5-13(19)9-16(15)24-18/h3-9,11H,10H2,1-2H3,(H,20,22)/t11-/m1/s1. The van der Waals surface area contributed by atoms with Crippen molar-refractivity contribution in [2.75, 3.05) is 7.11 Å². The van der Waals surface area contributed by atoms with E-state index >= 15 is 0 Å². The lowest BCUT2D eigenvalue weighted by molar-refractivity contribution is -0.120. The van der Waals surface area contributed by atoms with E-state index in [1.54, 1.807) is 25.3 Å². The summed E-state index contributed by atoms with van der Waals surface area (Å²) < 4.78 is 10.7. The maximum atomic E-state index is 12.3. The Morgan fingerprint density at radius 2 is 2.08 bits per heavy atom. The van der Waals surface area contributed by atoms with Crippen molar-refractivity contribution < 1.29 is 13.9 Å². The van der Waals surface area contributed by atoms with Crippen LogP contribution in [-0.4, -0.2) is 23.3 Å². The number of nitrogens with zero attached hydrogens (tertiary/aromatic N) is 1. The number of aromatic nitrogens is 1. The second-order valence-corrected chi connectivity index (χ2v) is 7.15. The highest BCUT2D eigenvalue weighted by molar-refractivity contribution is 8.00. The summed E-state index contributed by atoms with van der Waals surface area (Å²) in [5.74, 6) is 0.705. The molecular weight excluding hydrogens is 360 g/mol. The molecule has 0 saturated heterocycles.